The lowest BCUT2D eigenvalue weighted by Gasteiger charge is -1.99. The Morgan fingerprint density at radius 2 is 2.12 bits per heavy atom. The summed E-state index contributed by atoms with van der Waals surface area (Å²) in [7, 11) is 0. The number of hydrogen-bond donors (Lipinski definition) is 0. The first kappa shape index (κ1) is 11.3. The predicted octanol–water partition coefficient (Wildman–Crippen LogP) is 4.21. The van der Waals surface area contributed by atoms with Gasteiger partial charge in [0, 0.05) is 10.9 Å². The van der Waals surface area contributed by atoms with E-state index in [1.54, 1.807) is 17.4 Å². The van der Waals surface area contributed by atoms with Gasteiger partial charge in [-0.2, -0.15) is 0 Å². The molecule has 0 unspecified atom stereocenters. The Morgan fingerprint density at radius 1 is 1.31 bits per heavy atom. The summed E-state index contributed by atoms with van der Waals surface area (Å²) < 4.78 is 13.2. The monoisotopic (exact) mass is 235 g/mol. The highest BCUT2D eigenvalue weighted by Gasteiger charge is 2.06. The van der Waals surface area contributed by atoms with Crippen LogP contribution in [0.15, 0.2) is 23.6 Å². The fourth-order valence-corrected chi connectivity index (χ4v) is 2.51. The number of aryl methyl sites for hydroxylation is 2. The van der Waals surface area contributed by atoms with E-state index in [1.807, 2.05) is 13.0 Å². The maximum Gasteiger partial charge on any atom is 0.124 e. The van der Waals surface area contributed by atoms with E-state index in [4.69, 9.17) is 0 Å². The lowest BCUT2D eigenvalue weighted by atomic mass is 10.1. The first-order chi connectivity index (χ1) is 7.69. The van der Waals surface area contributed by atoms with Crippen molar-refractivity contribution in [2.24, 2.45) is 0 Å². The van der Waals surface area contributed by atoms with Gasteiger partial charge in [0.1, 0.15) is 10.8 Å². The van der Waals surface area contributed by atoms with E-state index in [9.17, 15) is 4.39 Å². The molecule has 0 bridgehead atoms. The average Bonchev–Trinajstić information content (AvgIpc) is 2.65. The first-order valence-electron chi connectivity index (χ1n) is 5.41. The van der Waals surface area contributed by atoms with Crippen LogP contribution in [-0.4, -0.2) is 4.98 Å². The van der Waals surface area contributed by atoms with Crippen LogP contribution in [0.25, 0.3) is 10.6 Å². The summed E-state index contributed by atoms with van der Waals surface area (Å²) in [6.45, 7) is 4.03. The van der Waals surface area contributed by atoms with Crippen molar-refractivity contribution >= 4 is 11.3 Å². The van der Waals surface area contributed by atoms with Gasteiger partial charge in [-0.3, -0.25) is 0 Å². The fraction of sp³-hybridized carbons (Fsp3) is 0.308. The molecule has 0 radical (unpaired) electrons. The van der Waals surface area contributed by atoms with Gasteiger partial charge in [0.05, 0.1) is 5.69 Å². The van der Waals surface area contributed by atoms with Gasteiger partial charge < -0.3 is 0 Å². The number of nitrogens with zero attached hydrogens (tertiary/aromatic N) is 1. The van der Waals surface area contributed by atoms with E-state index >= 15 is 0 Å². The predicted molar refractivity (Wildman–Crippen MR) is 66.2 cm³/mol. The second kappa shape index (κ2) is 4.74. The Labute approximate surface area is 99.0 Å². The molecular formula is C13H14FNS. The minimum atomic E-state index is -0.192. The molecular weight excluding hydrogens is 221 g/mol. The summed E-state index contributed by atoms with van der Waals surface area (Å²) in [5.74, 6) is -0.192. The maximum absolute atomic E-state index is 13.2. The zero-order chi connectivity index (χ0) is 11.5. The zero-order valence-electron chi connectivity index (χ0n) is 9.46. The van der Waals surface area contributed by atoms with Gasteiger partial charge in [-0.05, 0) is 37.1 Å². The Kier molecular flexibility index (Phi) is 3.34. The van der Waals surface area contributed by atoms with Crippen molar-refractivity contribution in [3.63, 3.8) is 0 Å². The molecule has 0 N–H and O–H groups in total. The number of benzene rings is 1. The molecule has 0 saturated carbocycles. The summed E-state index contributed by atoms with van der Waals surface area (Å²) in [6, 6.07) is 5.04. The average molecular weight is 235 g/mol. The van der Waals surface area contributed by atoms with E-state index in [-0.39, 0.29) is 5.82 Å². The number of thiazole rings is 1. The van der Waals surface area contributed by atoms with Crippen LogP contribution < -0.4 is 0 Å². The number of halogens is 1. The highest BCUT2D eigenvalue weighted by Crippen LogP contribution is 2.25. The molecule has 3 heteroatoms. The largest absolute Gasteiger partial charge is 0.241 e. The zero-order valence-corrected chi connectivity index (χ0v) is 10.3. The van der Waals surface area contributed by atoms with Crippen LogP contribution in [0.2, 0.25) is 0 Å². The van der Waals surface area contributed by atoms with Crippen molar-refractivity contribution in [2.45, 2.75) is 26.7 Å². The van der Waals surface area contributed by atoms with Gasteiger partial charge >= 0.3 is 0 Å². The van der Waals surface area contributed by atoms with Crippen molar-refractivity contribution in [3.8, 4) is 10.6 Å². The van der Waals surface area contributed by atoms with Gasteiger partial charge in [0.2, 0.25) is 0 Å². The minimum absolute atomic E-state index is 0.192. The van der Waals surface area contributed by atoms with E-state index in [2.05, 4.69) is 17.3 Å². The molecule has 1 nitrogen and oxygen atoms in total. The lowest BCUT2D eigenvalue weighted by molar-refractivity contribution is 0.627. The summed E-state index contributed by atoms with van der Waals surface area (Å²) >= 11 is 1.58. The van der Waals surface area contributed by atoms with Gasteiger partial charge in [0.15, 0.2) is 0 Å². The molecule has 1 aromatic carbocycles. The van der Waals surface area contributed by atoms with Crippen LogP contribution in [0, 0.1) is 12.7 Å². The smallest absolute Gasteiger partial charge is 0.124 e. The topological polar surface area (TPSA) is 12.9 Å². The number of rotatable bonds is 3. The molecule has 2 aromatic rings. The van der Waals surface area contributed by atoms with E-state index in [0.29, 0.717) is 0 Å². The normalized spacial score (nSPS) is 10.7. The highest BCUT2D eigenvalue weighted by molar-refractivity contribution is 7.13. The van der Waals surface area contributed by atoms with Gasteiger partial charge in [-0.25, -0.2) is 9.37 Å². The molecule has 0 fully saturated rings. The molecule has 0 aliphatic carbocycles. The highest BCUT2D eigenvalue weighted by atomic mass is 32.1. The van der Waals surface area contributed by atoms with Crippen LogP contribution in [0.5, 0.6) is 0 Å². The molecule has 2 rings (SSSR count). The summed E-state index contributed by atoms with van der Waals surface area (Å²) in [4.78, 5) is 4.50. The molecule has 1 heterocycles. The third-order valence-corrected chi connectivity index (χ3v) is 3.29. The Balaban J connectivity index is 2.34. The summed E-state index contributed by atoms with van der Waals surface area (Å²) in [5, 5.41) is 2.96. The van der Waals surface area contributed by atoms with E-state index in [1.165, 1.54) is 6.07 Å². The van der Waals surface area contributed by atoms with Crippen LogP contribution in [0.1, 0.15) is 24.6 Å². The van der Waals surface area contributed by atoms with Gasteiger partial charge in [-0.15, -0.1) is 11.3 Å². The number of aromatic nitrogens is 1. The molecule has 0 aliphatic heterocycles. The Morgan fingerprint density at radius 3 is 2.81 bits per heavy atom. The fourth-order valence-electron chi connectivity index (χ4n) is 1.67. The summed E-state index contributed by atoms with van der Waals surface area (Å²) in [5.41, 5.74) is 2.91. The lowest BCUT2D eigenvalue weighted by Crippen LogP contribution is -1.85. The third-order valence-electron chi connectivity index (χ3n) is 2.35. The third kappa shape index (κ3) is 2.47. The molecule has 0 amide bonds. The van der Waals surface area contributed by atoms with Gasteiger partial charge in [-0.1, -0.05) is 13.3 Å². The standard InChI is InChI=1S/C13H14FNS/c1-3-4-12-8-16-13(15-12)10-5-9(2)6-11(14)7-10/h5-8H,3-4H2,1-2H3. The Hall–Kier alpha value is -1.22. The SMILES string of the molecule is CCCc1csc(-c2cc(C)cc(F)c2)n1. The van der Waals surface area contributed by atoms with E-state index in [0.717, 1.165) is 34.7 Å². The quantitative estimate of drug-likeness (QED) is 0.776. The van der Waals surface area contributed by atoms with Crippen LogP contribution in [0.4, 0.5) is 4.39 Å². The van der Waals surface area contributed by atoms with Crippen molar-refractivity contribution in [2.75, 3.05) is 0 Å². The van der Waals surface area contributed by atoms with Crippen molar-refractivity contribution in [3.05, 3.63) is 40.7 Å². The minimum Gasteiger partial charge on any atom is -0.241 e. The van der Waals surface area contributed by atoms with Crippen LogP contribution >= 0.6 is 11.3 Å². The van der Waals surface area contributed by atoms with Crippen LogP contribution in [-0.2, 0) is 6.42 Å². The summed E-state index contributed by atoms with van der Waals surface area (Å²) in [6.07, 6.45) is 2.08. The van der Waals surface area contributed by atoms with Gasteiger partial charge in [0.25, 0.3) is 0 Å². The molecule has 0 aliphatic rings. The molecule has 84 valence electrons. The van der Waals surface area contributed by atoms with Crippen molar-refractivity contribution < 1.29 is 4.39 Å². The molecule has 0 spiro atoms. The Bertz CT molecular complexity index is 470. The molecule has 0 saturated heterocycles. The maximum atomic E-state index is 13.2. The van der Waals surface area contributed by atoms with E-state index < -0.39 is 0 Å². The second-order valence-electron chi connectivity index (χ2n) is 3.91. The first-order valence-corrected chi connectivity index (χ1v) is 6.29. The number of hydrogen-bond acceptors (Lipinski definition) is 2. The van der Waals surface area contributed by atoms with Crippen LogP contribution in [0.3, 0.4) is 0 Å². The second-order valence-corrected chi connectivity index (χ2v) is 4.77. The molecule has 16 heavy (non-hydrogen) atoms. The van der Waals surface area contributed by atoms with Crippen molar-refractivity contribution in [1.29, 1.82) is 0 Å². The molecule has 0 atom stereocenters. The van der Waals surface area contributed by atoms with Crippen molar-refractivity contribution in [1.82, 2.24) is 4.98 Å². The molecule has 1 aromatic heterocycles.